The molecule has 0 aromatic heterocycles. The zero-order valence-electron chi connectivity index (χ0n) is 10.7. The predicted octanol–water partition coefficient (Wildman–Crippen LogP) is 2.44. The molecule has 0 unspecified atom stereocenters. The summed E-state index contributed by atoms with van der Waals surface area (Å²) in [5.41, 5.74) is 1.85. The van der Waals surface area contributed by atoms with Gasteiger partial charge in [-0.1, -0.05) is 25.4 Å². The first-order valence-corrected chi connectivity index (χ1v) is 7.73. The Balaban J connectivity index is 2.86. The number of sulfonamides is 1. The topological polar surface area (TPSA) is 69.4 Å². The number of rotatable bonds is 5. The molecule has 0 amide bonds. The fraction of sp³-hybridized carbons (Fsp3) is 0.500. The minimum Gasteiger partial charge on any atom is -0.492 e. The van der Waals surface area contributed by atoms with Gasteiger partial charge < -0.3 is 4.74 Å². The van der Waals surface area contributed by atoms with Crippen LogP contribution >= 0.6 is 11.6 Å². The molecule has 18 heavy (non-hydrogen) atoms. The van der Waals surface area contributed by atoms with Gasteiger partial charge in [0.25, 0.3) is 0 Å². The van der Waals surface area contributed by atoms with E-state index in [4.69, 9.17) is 21.5 Å². The standard InChI is InChI=1S/C12H18ClNO3S/c1-8(2)10-7-12(9(3)6-11(10)13)17-4-5-18(14,15)16/h6-8H,4-5H2,1-3H3,(H2,14,15,16). The van der Waals surface area contributed by atoms with Crippen LogP contribution in [0.1, 0.15) is 30.9 Å². The van der Waals surface area contributed by atoms with Gasteiger partial charge in [0.15, 0.2) is 0 Å². The van der Waals surface area contributed by atoms with Crippen molar-refractivity contribution in [2.24, 2.45) is 5.14 Å². The number of hydrogen-bond donors (Lipinski definition) is 1. The van der Waals surface area contributed by atoms with Crippen LogP contribution in [-0.4, -0.2) is 20.8 Å². The maximum atomic E-state index is 10.8. The van der Waals surface area contributed by atoms with Crippen molar-refractivity contribution in [2.45, 2.75) is 26.7 Å². The molecule has 0 spiro atoms. The highest BCUT2D eigenvalue weighted by molar-refractivity contribution is 7.89. The molecule has 0 atom stereocenters. The maximum absolute atomic E-state index is 10.8. The first-order chi connectivity index (χ1) is 8.20. The Morgan fingerprint density at radius 1 is 1.39 bits per heavy atom. The van der Waals surface area contributed by atoms with Crippen LogP contribution in [0, 0.1) is 6.92 Å². The van der Waals surface area contributed by atoms with E-state index < -0.39 is 10.0 Å². The Bertz CT molecular complexity index is 526. The second kappa shape index (κ2) is 5.91. The Hall–Kier alpha value is -0.780. The molecule has 0 aliphatic carbocycles. The summed E-state index contributed by atoms with van der Waals surface area (Å²) >= 11 is 6.13. The summed E-state index contributed by atoms with van der Waals surface area (Å²) < 4.78 is 27.1. The van der Waals surface area contributed by atoms with E-state index in [2.05, 4.69) is 0 Å². The van der Waals surface area contributed by atoms with E-state index in [1.165, 1.54) is 0 Å². The molecular weight excluding hydrogens is 274 g/mol. The van der Waals surface area contributed by atoms with Crippen LogP contribution < -0.4 is 9.88 Å². The molecule has 102 valence electrons. The normalized spacial score (nSPS) is 11.9. The van der Waals surface area contributed by atoms with Crippen molar-refractivity contribution >= 4 is 21.6 Å². The molecule has 0 fully saturated rings. The Kier molecular flexibility index (Phi) is 5.01. The summed E-state index contributed by atoms with van der Waals surface area (Å²) in [5, 5.41) is 5.61. The number of aryl methyl sites for hydroxylation is 1. The van der Waals surface area contributed by atoms with Gasteiger partial charge >= 0.3 is 0 Å². The average molecular weight is 292 g/mol. The van der Waals surface area contributed by atoms with Crippen molar-refractivity contribution in [1.29, 1.82) is 0 Å². The van der Waals surface area contributed by atoms with Crippen LogP contribution in [0.25, 0.3) is 0 Å². The van der Waals surface area contributed by atoms with Crippen LogP contribution in [0.4, 0.5) is 0 Å². The maximum Gasteiger partial charge on any atom is 0.212 e. The lowest BCUT2D eigenvalue weighted by molar-refractivity contribution is 0.338. The van der Waals surface area contributed by atoms with Crippen LogP contribution in [0.5, 0.6) is 5.75 Å². The number of benzene rings is 1. The lowest BCUT2D eigenvalue weighted by Crippen LogP contribution is -2.21. The van der Waals surface area contributed by atoms with Crippen LogP contribution in [0.15, 0.2) is 12.1 Å². The van der Waals surface area contributed by atoms with Crippen molar-refractivity contribution in [3.63, 3.8) is 0 Å². The van der Waals surface area contributed by atoms with Gasteiger partial charge in [0, 0.05) is 5.02 Å². The van der Waals surface area contributed by atoms with Crippen molar-refractivity contribution < 1.29 is 13.2 Å². The molecule has 0 aliphatic heterocycles. The van der Waals surface area contributed by atoms with Crippen molar-refractivity contribution in [2.75, 3.05) is 12.4 Å². The minimum absolute atomic E-state index is 0.0405. The smallest absolute Gasteiger partial charge is 0.212 e. The van der Waals surface area contributed by atoms with Crippen LogP contribution in [0.2, 0.25) is 5.02 Å². The molecule has 1 aromatic carbocycles. The highest BCUT2D eigenvalue weighted by Crippen LogP contribution is 2.31. The molecule has 4 nitrogen and oxygen atoms in total. The average Bonchev–Trinajstić information content (AvgIpc) is 2.18. The van der Waals surface area contributed by atoms with Gasteiger partial charge in [-0.15, -0.1) is 0 Å². The van der Waals surface area contributed by atoms with E-state index in [1.807, 2.05) is 32.9 Å². The third kappa shape index (κ3) is 4.48. The SMILES string of the molecule is Cc1cc(Cl)c(C(C)C)cc1OCCS(N)(=O)=O. The van der Waals surface area contributed by atoms with Gasteiger partial charge in [0.1, 0.15) is 12.4 Å². The quantitative estimate of drug-likeness (QED) is 0.906. The fourth-order valence-electron chi connectivity index (χ4n) is 1.53. The summed E-state index contributed by atoms with van der Waals surface area (Å²) in [7, 11) is -3.49. The van der Waals surface area contributed by atoms with Crippen molar-refractivity contribution in [1.82, 2.24) is 0 Å². The lowest BCUT2D eigenvalue weighted by Gasteiger charge is -2.14. The second-order valence-electron chi connectivity index (χ2n) is 4.51. The van der Waals surface area contributed by atoms with Crippen LogP contribution in [0.3, 0.4) is 0 Å². The Labute approximate surface area is 113 Å². The largest absolute Gasteiger partial charge is 0.492 e. The Morgan fingerprint density at radius 3 is 2.50 bits per heavy atom. The number of hydrogen-bond acceptors (Lipinski definition) is 3. The van der Waals surface area contributed by atoms with Gasteiger partial charge in [-0.05, 0) is 36.1 Å². The lowest BCUT2D eigenvalue weighted by atomic mass is 10.0. The zero-order valence-corrected chi connectivity index (χ0v) is 12.3. The molecule has 0 bridgehead atoms. The third-order valence-corrected chi connectivity index (χ3v) is 3.60. The molecular formula is C12H18ClNO3S. The predicted molar refractivity (Wildman–Crippen MR) is 73.7 cm³/mol. The first-order valence-electron chi connectivity index (χ1n) is 5.64. The molecule has 0 saturated heterocycles. The molecule has 1 rings (SSSR count). The number of primary sulfonamides is 1. The summed E-state index contributed by atoms with van der Waals surface area (Å²) in [6, 6.07) is 3.68. The van der Waals surface area contributed by atoms with Crippen molar-refractivity contribution in [3.05, 3.63) is 28.3 Å². The second-order valence-corrected chi connectivity index (χ2v) is 6.65. The number of ether oxygens (including phenoxy) is 1. The highest BCUT2D eigenvalue weighted by Gasteiger charge is 2.11. The summed E-state index contributed by atoms with van der Waals surface area (Å²) in [5.74, 6) is 0.719. The van der Waals surface area contributed by atoms with Crippen molar-refractivity contribution in [3.8, 4) is 5.75 Å². The van der Waals surface area contributed by atoms with Gasteiger partial charge in [-0.25, -0.2) is 13.6 Å². The van der Waals surface area contributed by atoms with Gasteiger partial charge in [0.05, 0.1) is 5.75 Å². The van der Waals surface area contributed by atoms with Gasteiger partial charge in [-0.2, -0.15) is 0 Å². The molecule has 1 aromatic rings. The molecule has 0 aliphatic rings. The monoisotopic (exact) mass is 291 g/mol. The fourth-order valence-corrected chi connectivity index (χ4v) is 2.29. The Morgan fingerprint density at radius 2 is 2.00 bits per heavy atom. The zero-order chi connectivity index (χ0) is 13.9. The summed E-state index contributed by atoms with van der Waals surface area (Å²) in [6.07, 6.45) is 0. The highest BCUT2D eigenvalue weighted by atomic mass is 35.5. The van der Waals surface area contributed by atoms with E-state index in [0.717, 1.165) is 11.1 Å². The summed E-state index contributed by atoms with van der Waals surface area (Å²) in [6.45, 7) is 5.97. The number of halogens is 1. The molecule has 0 heterocycles. The number of nitrogens with two attached hydrogens (primary N) is 1. The van der Waals surface area contributed by atoms with Gasteiger partial charge in [0.2, 0.25) is 10.0 Å². The van der Waals surface area contributed by atoms with E-state index in [9.17, 15) is 8.42 Å². The van der Waals surface area contributed by atoms with Crippen LogP contribution in [-0.2, 0) is 10.0 Å². The van der Waals surface area contributed by atoms with E-state index >= 15 is 0 Å². The van der Waals surface area contributed by atoms with E-state index in [-0.39, 0.29) is 18.3 Å². The summed E-state index contributed by atoms with van der Waals surface area (Å²) in [4.78, 5) is 0. The first kappa shape index (κ1) is 15.3. The third-order valence-electron chi connectivity index (χ3n) is 2.54. The molecule has 0 saturated carbocycles. The van der Waals surface area contributed by atoms with E-state index in [1.54, 1.807) is 0 Å². The molecule has 6 heteroatoms. The van der Waals surface area contributed by atoms with Gasteiger partial charge in [-0.3, -0.25) is 0 Å². The molecule has 2 N–H and O–H groups in total. The minimum atomic E-state index is -3.49. The molecule has 0 radical (unpaired) electrons. The van der Waals surface area contributed by atoms with E-state index in [0.29, 0.717) is 10.8 Å².